The number of benzene rings is 2. The summed E-state index contributed by atoms with van der Waals surface area (Å²) in [7, 11) is 0. The Kier molecular flexibility index (Phi) is 2.33. The van der Waals surface area contributed by atoms with E-state index in [4.69, 9.17) is 10.5 Å². The second kappa shape index (κ2) is 3.88. The summed E-state index contributed by atoms with van der Waals surface area (Å²) in [5.74, 6) is -0.300. The topological polar surface area (TPSA) is 52.3 Å². The van der Waals surface area contributed by atoms with Gasteiger partial charge in [0.05, 0.1) is 0 Å². The van der Waals surface area contributed by atoms with Crippen LogP contribution >= 0.6 is 0 Å². The highest BCUT2D eigenvalue weighted by Crippen LogP contribution is 2.47. The summed E-state index contributed by atoms with van der Waals surface area (Å²) in [5, 5.41) is 0. The molecule has 2 N–H and O–H groups in total. The number of hydrogen-bond donors (Lipinski definition) is 1. The smallest absolute Gasteiger partial charge is 0.303 e. The van der Waals surface area contributed by atoms with Gasteiger partial charge in [0.15, 0.2) is 6.10 Å². The van der Waals surface area contributed by atoms with Crippen molar-refractivity contribution in [3.63, 3.8) is 0 Å². The van der Waals surface area contributed by atoms with E-state index in [1.807, 2.05) is 42.5 Å². The van der Waals surface area contributed by atoms with Gasteiger partial charge in [0.2, 0.25) is 0 Å². The van der Waals surface area contributed by atoms with E-state index < -0.39 is 0 Å². The van der Waals surface area contributed by atoms with Crippen molar-refractivity contribution in [2.45, 2.75) is 13.0 Å². The van der Waals surface area contributed by atoms with Crippen LogP contribution in [0, 0.1) is 0 Å². The lowest BCUT2D eigenvalue weighted by Crippen LogP contribution is -2.08. The molecular weight excluding hydrogens is 226 g/mol. The number of carbonyl (C=O) groups excluding carboxylic acids is 1. The van der Waals surface area contributed by atoms with Gasteiger partial charge in [-0.2, -0.15) is 0 Å². The van der Waals surface area contributed by atoms with E-state index in [1.54, 1.807) is 0 Å². The fourth-order valence-electron chi connectivity index (χ4n) is 2.53. The van der Waals surface area contributed by atoms with E-state index in [2.05, 4.69) is 0 Å². The molecule has 1 aliphatic rings. The van der Waals surface area contributed by atoms with Gasteiger partial charge in [-0.1, -0.05) is 36.4 Å². The minimum Gasteiger partial charge on any atom is -0.453 e. The van der Waals surface area contributed by atoms with Gasteiger partial charge in [-0.05, 0) is 17.2 Å². The van der Waals surface area contributed by atoms with E-state index in [0.29, 0.717) is 5.69 Å². The highest BCUT2D eigenvalue weighted by Gasteiger charge is 2.32. The van der Waals surface area contributed by atoms with Gasteiger partial charge in [-0.15, -0.1) is 0 Å². The molecular formula is C15H13NO2. The van der Waals surface area contributed by atoms with Crippen LogP contribution < -0.4 is 5.73 Å². The third kappa shape index (κ3) is 1.48. The molecule has 1 aliphatic carbocycles. The Morgan fingerprint density at radius 2 is 1.83 bits per heavy atom. The van der Waals surface area contributed by atoms with Gasteiger partial charge >= 0.3 is 5.97 Å². The average molecular weight is 239 g/mol. The van der Waals surface area contributed by atoms with Gasteiger partial charge in [0, 0.05) is 23.7 Å². The molecule has 2 aromatic carbocycles. The molecule has 0 saturated heterocycles. The van der Waals surface area contributed by atoms with Crippen LogP contribution in [-0.2, 0) is 9.53 Å². The van der Waals surface area contributed by atoms with Crippen LogP contribution in [-0.4, -0.2) is 5.97 Å². The Morgan fingerprint density at radius 3 is 2.61 bits per heavy atom. The van der Waals surface area contributed by atoms with Crippen molar-refractivity contribution in [3.8, 4) is 11.1 Å². The molecule has 0 bridgehead atoms. The second-order valence-corrected chi connectivity index (χ2v) is 4.39. The summed E-state index contributed by atoms with van der Waals surface area (Å²) in [5.41, 5.74) is 10.7. The number of rotatable bonds is 1. The number of fused-ring (bicyclic) bond motifs is 3. The number of ether oxygens (including phenoxy) is 1. The summed E-state index contributed by atoms with van der Waals surface area (Å²) in [6.45, 7) is 1.42. The number of nitrogens with two attached hydrogens (primary N) is 1. The molecule has 0 saturated carbocycles. The minimum atomic E-state index is -0.380. The van der Waals surface area contributed by atoms with E-state index in [-0.39, 0.29) is 12.1 Å². The first-order valence-electron chi connectivity index (χ1n) is 5.83. The van der Waals surface area contributed by atoms with Crippen LogP contribution in [0.15, 0.2) is 42.5 Å². The average Bonchev–Trinajstić information content (AvgIpc) is 2.66. The summed E-state index contributed by atoms with van der Waals surface area (Å²) < 4.78 is 5.43. The van der Waals surface area contributed by atoms with Crippen molar-refractivity contribution >= 4 is 11.7 Å². The van der Waals surface area contributed by atoms with E-state index >= 15 is 0 Å². The normalized spacial score (nSPS) is 15.9. The molecule has 3 heteroatoms. The van der Waals surface area contributed by atoms with Crippen molar-refractivity contribution < 1.29 is 9.53 Å². The maximum atomic E-state index is 11.3. The molecule has 1 unspecified atom stereocenters. The van der Waals surface area contributed by atoms with Crippen LogP contribution in [0.4, 0.5) is 5.69 Å². The lowest BCUT2D eigenvalue weighted by Gasteiger charge is -2.15. The Morgan fingerprint density at radius 1 is 1.11 bits per heavy atom. The van der Waals surface area contributed by atoms with Gasteiger partial charge in [0.1, 0.15) is 0 Å². The Labute approximate surface area is 105 Å². The van der Waals surface area contributed by atoms with Crippen LogP contribution in [0.2, 0.25) is 0 Å². The number of carbonyl (C=O) groups is 1. The Balaban J connectivity index is 2.25. The third-order valence-corrected chi connectivity index (χ3v) is 3.22. The van der Waals surface area contributed by atoms with Crippen molar-refractivity contribution in [1.29, 1.82) is 0 Å². The SMILES string of the molecule is CC(=O)OC1c2ccccc2-c2cccc(N)c21. The highest BCUT2D eigenvalue weighted by atomic mass is 16.5. The maximum absolute atomic E-state index is 11.3. The standard InChI is InChI=1S/C15H13NO2/c1-9(17)18-15-12-6-3-2-5-10(12)11-7-4-8-13(16)14(11)15/h2-8,15H,16H2,1H3. The molecule has 0 aromatic heterocycles. The lowest BCUT2D eigenvalue weighted by atomic mass is 10.1. The van der Waals surface area contributed by atoms with E-state index in [0.717, 1.165) is 22.3 Å². The monoisotopic (exact) mass is 239 g/mol. The summed E-state index contributed by atoms with van der Waals surface area (Å²) in [4.78, 5) is 11.3. The Hall–Kier alpha value is -2.29. The molecule has 3 nitrogen and oxygen atoms in total. The molecule has 0 fully saturated rings. The molecule has 0 amide bonds. The summed E-state index contributed by atoms with van der Waals surface area (Å²) >= 11 is 0. The quantitative estimate of drug-likeness (QED) is 0.615. The fraction of sp³-hybridized carbons (Fsp3) is 0.133. The number of esters is 1. The number of anilines is 1. The van der Waals surface area contributed by atoms with Crippen LogP contribution in [0.3, 0.4) is 0 Å². The van der Waals surface area contributed by atoms with Crippen LogP contribution in [0.1, 0.15) is 24.2 Å². The predicted octanol–water partition coefficient (Wildman–Crippen LogP) is 2.90. The largest absolute Gasteiger partial charge is 0.453 e. The molecule has 3 rings (SSSR count). The first kappa shape index (κ1) is 10.8. The van der Waals surface area contributed by atoms with Crippen molar-refractivity contribution in [3.05, 3.63) is 53.6 Å². The molecule has 90 valence electrons. The first-order chi connectivity index (χ1) is 8.68. The predicted molar refractivity (Wildman–Crippen MR) is 69.9 cm³/mol. The van der Waals surface area contributed by atoms with Gasteiger partial charge in [-0.3, -0.25) is 4.79 Å². The van der Waals surface area contributed by atoms with Crippen LogP contribution in [0.25, 0.3) is 11.1 Å². The number of nitrogen functional groups attached to an aromatic ring is 1. The van der Waals surface area contributed by atoms with Gasteiger partial charge in [0.25, 0.3) is 0 Å². The van der Waals surface area contributed by atoms with Crippen molar-refractivity contribution in [2.24, 2.45) is 0 Å². The molecule has 0 aliphatic heterocycles. The zero-order valence-electron chi connectivity index (χ0n) is 10.0. The number of hydrogen-bond acceptors (Lipinski definition) is 3. The van der Waals surface area contributed by atoms with Gasteiger partial charge < -0.3 is 10.5 Å². The van der Waals surface area contributed by atoms with Crippen molar-refractivity contribution in [2.75, 3.05) is 5.73 Å². The molecule has 2 aromatic rings. The first-order valence-corrected chi connectivity index (χ1v) is 5.83. The second-order valence-electron chi connectivity index (χ2n) is 4.39. The van der Waals surface area contributed by atoms with E-state index in [9.17, 15) is 4.79 Å². The highest BCUT2D eigenvalue weighted by molar-refractivity contribution is 5.83. The van der Waals surface area contributed by atoms with Gasteiger partial charge in [-0.25, -0.2) is 0 Å². The Bertz CT molecular complexity index is 634. The molecule has 0 radical (unpaired) electrons. The molecule has 1 atom stereocenters. The third-order valence-electron chi connectivity index (χ3n) is 3.22. The minimum absolute atomic E-state index is 0.300. The van der Waals surface area contributed by atoms with Crippen molar-refractivity contribution in [1.82, 2.24) is 0 Å². The zero-order valence-corrected chi connectivity index (χ0v) is 10.0. The molecule has 18 heavy (non-hydrogen) atoms. The fourth-order valence-corrected chi connectivity index (χ4v) is 2.53. The zero-order chi connectivity index (χ0) is 12.7. The maximum Gasteiger partial charge on any atom is 0.303 e. The lowest BCUT2D eigenvalue weighted by molar-refractivity contribution is -0.144. The molecule has 0 heterocycles. The molecule has 0 spiro atoms. The van der Waals surface area contributed by atoms with E-state index in [1.165, 1.54) is 6.92 Å². The summed E-state index contributed by atoms with van der Waals surface area (Å²) in [6, 6.07) is 13.7. The summed E-state index contributed by atoms with van der Waals surface area (Å²) in [6.07, 6.45) is -0.380. The van der Waals surface area contributed by atoms with Crippen LogP contribution in [0.5, 0.6) is 0 Å².